The number of rotatable bonds is 6. The first-order valence-electron chi connectivity index (χ1n) is 6.48. The van der Waals surface area contributed by atoms with Gasteiger partial charge in [0, 0.05) is 28.8 Å². The molecule has 5 heteroatoms. The molecule has 0 aliphatic carbocycles. The Hall–Kier alpha value is -1.31. The Bertz CT molecular complexity index is 616. The fourth-order valence-corrected chi connectivity index (χ4v) is 2.72. The van der Waals surface area contributed by atoms with Crippen LogP contribution in [-0.4, -0.2) is 15.4 Å². The van der Waals surface area contributed by atoms with Crippen molar-refractivity contribution < 1.29 is 0 Å². The van der Waals surface area contributed by atoms with E-state index in [9.17, 15) is 0 Å². The van der Waals surface area contributed by atoms with Crippen LogP contribution in [0.2, 0.25) is 0 Å². The molecule has 1 heterocycles. The summed E-state index contributed by atoms with van der Waals surface area (Å²) in [6.45, 7) is 0.752. The van der Waals surface area contributed by atoms with Crippen LogP contribution < -0.4 is 0 Å². The van der Waals surface area contributed by atoms with E-state index in [-0.39, 0.29) is 0 Å². The molecule has 1 aromatic carbocycles. The molecule has 0 N–H and O–H groups in total. The molecule has 2 aromatic rings. The number of benzene rings is 1. The van der Waals surface area contributed by atoms with Crippen LogP contribution >= 0.6 is 27.5 Å². The number of alkyl halides is 1. The van der Waals surface area contributed by atoms with Gasteiger partial charge < -0.3 is 4.57 Å². The summed E-state index contributed by atoms with van der Waals surface area (Å²) in [5.74, 6) is 0.704. The highest BCUT2D eigenvalue weighted by atomic mass is 79.9. The molecule has 0 aliphatic heterocycles. The van der Waals surface area contributed by atoms with Crippen LogP contribution in [0.25, 0.3) is 0 Å². The minimum Gasteiger partial charge on any atom is -0.330 e. The maximum Gasteiger partial charge on any atom is 0.0992 e. The first-order valence-corrected chi connectivity index (χ1v) is 7.81. The third kappa shape index (κ3) is 3.84. The summed E-state index contributed by atoms with van der Waals surface area (Å²) in [5.41, 5.74) is 3.01. The van der Waals surface area contributed by atoms with Gasteiger partial charge in [-0.2, -0.15) is 5.26 Å². The Balaban J connectivity index is 2.10. The van der Waals surface area contributed by atoms with Crippen molar-refractivity contribution in [3.8, 4) is 6.07 Å². The fourth-order valence-electron chi connectivity index (χ4n) is 2.03. The molecule has 0 radical (unpaired) electrons. The van der Waals surface area contributed by atoms with Gasteiger partial charge in [0.2, 0.25) is 0 Å². The van der Waals surface area contributed by atoms with E-state index in [4.69, 9.17) is 16.9 Å². The topological polar surface area (TPSA) is 41.6 Å². The van der Waals surface area contributed by atoms with Crippen molar-refractivity contribution in [3.05, 3.63) is 52.0 Å². The molecule has 0 unspecified atom stereocenters. The monoisotopic (exact) mass is 351 g/mol. The van der Waals surface area contributed by atoms with Gasteiger partial charge in [0.1, 0.15) is 0 Å². The highest BCUT2D eigenvalue weighted by Crippen LogP contribution is 2.20. The largest absolute Gasteiger partial charge is 0.330 e. The number of nitrogens with zero attached hydrogens (tertiary/aromatic N) is 3. The SMILES string of the molecule is N#Cc1ccc(Cn2cncc2CCCCCl)c(Br)c1. The second-order valence-electron chi connectivity index (χ2n) is 4.58. The van der Waals surface area contributed by atoms with E-state index in [1.54, 1.807) is 0 Å². The van der Waals surface area contributed by atoms with Crippen molar-refractivity contribution in [1.29, 1.82) is 5.26 Å². The van der Waals surface area contributed by atoms with Crippen molar-refractivity contribution in [2.75, 3.05) is 5.88 Å². The molecule has 104 valence electrons. The van der Waals surface area contributed by atoms with E-state index in [0.717, 1.165) is 35.8 Å². The average Bonchev–Trinajstić information content (AvgIpc) is 2.89. The molecule has 0 fully saturated rings. The molecule has 0 aliphatic rings. The number of unbranched alkanes of at least 4 members (excludes halogenated alkanes) is 1. The first-order chi connectivity index (χ1) is 9.74. The van der Waals surface area contributed by atoms with Gasteiger partial charge in [0.25, 0.3) is 0 Å². The summed E-state index contributed by atoms with van der Waals surface area (Å²) in [7, 11) is 0. The second-order valence-corrected chi connectivity index (χ2v) is 5.81. The molecule has 0 saturated carbocycles. The quantitative estimate of drug-likeness (QED) is 0.579. The van der Waals surface area contributed by atoms with Crippen molar-refractivity contribution in [2.24, 2.45) is 0 Å². The summed E-state index contributed by atoms with van der Waals surface area (Å²) in [4.78, 5) is 4.22. The van der Waals surface area contributed by atoms with Crippen LogP contribution in [0, 0.1) is 11.3 Å². The highest BCUT2D eigenvalue weighted by Gasteiger charge is 2.06. The third-order valence-electron chi connectivity index (χ3n) is 3.14. The highest BCUT2D eigenvalue weighted by molar-refractivity contribution is 9.10. The van der Waals surface area contributed by atoms with E-state index in [0.29, 0.717) is 11.4 Å². The summed E-state index contributed by atoms with van der Waals surface area (Å²) in [6.07, 6.45) is 6.84. The summed E-state index contributed by atoms with van der Waals surface area (Å²) >= 11 is 9.23. The van der Waals surface area contributed by atoms with Crippen LogP contribution in [-0.2, 0) is 13.0 Å². The second kappa shape index (κ2) is 7.47. The van der Waals surface area contributed by atoms with Crippen molar-refractivity contribution in [1.82, 2.24) is 9.55 Å². The Labute approximate surface area is 132 Å². The average molecular weight is 353 g/mol. The number of hydrogen-bond donors (Lipinski definition) is 0. The molecular formula is C15H15BrClN3. The summed E-state index contributed by atoms with van der Waals surface area (Å²) < 4.78 is 3.09. The Morgan fingerprint density at radius 1 is 1.35 bits per heavy atom. The van der Waals surface area contributed by atoms with Crippen molar-refractivity contribution in [2.45, 2.75) is 25.8 Å². The first kappa shape index (κ1) is 15.1. The van der Waals surface area contributed by atoms with Crippen LogP contribution in [0.5, 0.6) is 0 Å². The number of imidazole rings is 1. The predicted molar refractivity (Wildman–Crippen MR) is 83.8 cm³/mol. The Kier molecular flexibility index (Phi) is 5.63. The molecule has 0 atom stereocenters. The van der Waals surface area contributed by atoms with Crippen LogP contribution in [0.15, 0.2) is 35.2 Å². The number of hydrogen-bond acceptors (Lipinski definition) is 2. The number of aryl methyl sites for hydroxylation is 1. The zero-order valence-corrected chi connectivity index (χ0v) is 13.4. The molecule has 0 spiro atoms. The van der Waals surface area contributed by atoms with Gasteiger partial charge in [-0.25, -0.2) is 4.98 Å². The number of halogens is 2. The van der Waals surface area contributed by atoms with E-state index < -0.39 is 0 Å². The van der Waals surface area contributed by atoms with E-state index in [1.807, 2.05) is 30.7 Å². The zero-order valence-electron chi connectivity index (χ0n) is 11.0. The maximum atomic E-state index is 8.88. The Morgan fingerprint density at radius 3 is 2.90 bits per heavy atom. The molecule has 2 rings (SSSR count). The Morgan fingerprint density at radius 2 is 2.20 bits per heavy atom. The van der Waals surface area contributed by atoms with Gasteiger partial charge in [-0.05, 0) is 37.0 Å². The van der Waals surface area contributed by atoms with Gasteiger partial charge >= 0.3 is 0 Å². The van der Waals surface area contributed by atoms with Crippen LogP contribution in [0.1, 0.15) is 29.7 Å². The molecule has 0 saturated heterocycles. The number of nitriles is 1. The lowest BCUT2D eigenvalue weighted by molar-refractivity contribution is 0.696. The van der Waals surface area contributed by atoms with Crippen molar-refractivity contribution >= 4 is 27.5 Å². The van der Waals surface area contributed by atoms with E-state index in [1.165, 1.54) is 5.69 Å². The smallest absolute Gasteiger partial charge is 0.0992 e. The minimum atomic E-state index is 0.661. The van der Waals surface area contributed by atoms with Gasteiger partial charge in [0.05, 0.1) is 18.0 Å². The van der Waals surface area contributed by atoms with Crippen LogP contribution in [0.4, 0.5) is 0 Å². The predicted octanol–water partition coefficient (Wildman–Crippen LogP) is 4.13. The zero-order chi connectivity index (χ0) is 14.4. The lowest BCUT2D eigenvalue weighted by Crippen LogP contribution is -2.04. The van der Waals surface area contributed by atoms with Crippen molar-refractivity contribution in [3.63, 3.8) is 0 Å². The summed E-state index contributed by atoms with van der Waals surface area (Å²) in [5, 5.41) is 8.88. The lowest BCUT2D eigenvalue weighted by Gasteiger charge is -2.10. The van der Waals surface area contributed by atoms with Crippen LogP contribution in [0.3, 0.4) is 0 Å². The third-order valence-corrected chi connectivity index (χ3v) is 4.14. The molecule has 0 bridgehead atoms. The van der Waals surface area contributed by atoms with Gasteiger partial charge in [-0.15, -0.1) is 11.6 Å². The van der Waals surface area contributed by atoms with Gasteiger partial charge in [-0.3, -0.25) is 0 Å². The standard InChI is InChI=1S/C15H15BrClN3/c16-15-7-12(8-18)4-5-13(15)10-20-11-19-9-14(20)3-1-2-6-17/h4-5,7,9,11H,1-3,6,10H2. The molecule has 0 amide bonds. The molecule has 20 heavy (non-hydrogen) atoms. The van der Waals surface area contributed by atoms with E-state index in [2.05, 4.69) is 31.6 Å². The molecule has 1 aromatic heterocycles. The normalized spacial score (nSPS) is 10.4. The number of aromatic nitrogens is 2. The minimum absolute atomic E-state index is 0.661. The fraction of sp³-hybridized carbons (Fsp3) is 0.333. The van der Waals surface area contributed by atoms with E-state index >= 15 is 0 Å². The summed E-state index contributed by atoms with van der Waals surface area (Å²) in [6, 6.07) is 7.80. The van der Waals surface area contributed by atoms with Gasteiger partial charge in [0.15, 0.2) is 0 Å². The maximum absolute atomic E-state index is 8.88. The van der Waals surface area contributed by atoms with Gasteiger partial charge in [-0.1, -0.05) is 22.0 Å². The lowest BCUT2D eigenvalue weighted by atomic mass is 10.1. The molecule has 3 nitrogen and oxygen atoms in total. The molecular weight excluding hydrogens is 338 g/mol.